The molecule has 1 aliphatic rings. The molecule has 2 rings (SSSR count). The summed E-state index contributed by atoms with van der Waals surface area (Å²) < 4.78 is 51.1. The molecule has 0 saturated carbocycles. The first-order valence-corrected chi connectivity index (χ1v) is 5.67. The molecule has 1 N–H and O–H groups in total. The minimum atomic E-state index is -4.50. The van der Waals surface area contributed by atoms with E-state index in [0.717, 1.165) is 19.2 Å². The van der Waals surface area contributed by atoms with Gasteiger partial charge >= 0.3 is 6.18 Å². The van der Waals surface area contributed by atoms with Gasteiger partial charge in [-0.15, -0.1) is 0 Å². The van der Waals surface area contributed by atoms with E-state index in [9.17, 15) is 17.6 Å². The van der Waals surface area contributed by atoms with E-state index < -0.39 is 17.6 Å². The Morgan fingerprint density at radius 2 is 2.06 bits per heavy atom. The average molecular weight is 262 g/mol. The number of piperazine rings is 1. The molecule has 6 heteroatoms. The fraction of sp³-hybridized carbons (Fsp3) is 0.500. The second-order valence-corrected chi connectivity index (χ2v) is 4.43. The lowest BCUT2D eigenvalue weighted by atomic mass is 10.0. The molecule has 1 aromatic carbocycles. The SMILES string of the molecule is CN1CCNCC1c1ccc(C(F)(F)F)cc1F. The normalized spacial score (nSPS) is 22.2. The lowest BCUT2D eigenvalue weighted by Crippen LogP contribution is -2.44. The summed E-state index contributed by atoms with van der Waals surface area (Å²) in [5, 5.41) is 3.11. The maximum absolute atomic E-state index is 13.8. The standard InChI is InChI=1S/C12H14F4N2/c1-18-5-4-17-7-11(18)9-3-2-8(6-10(9)13)12(14,15)16/h2-3,6,11,17H,4-5,7H2,1H3. The Balaban J connectivity index is 2.29. The van der Waals surface area contributed by atoms with Gasteiger partial charge in [-0.3, -0.25) is 4.90 Å². The van der Waals surface area contributed by atoms with Gasteiger partial charge in [-0.25, -0.2) is 4.39 Å². The van der Waals surface area contributed by atoms with Crippen LogP contribution in [0.25, 0.3) is 0 Å². The summed E-state index contributed by atoms with van der Waals surface area (Å²) in [5.74, 6) is -0.801. The molecule has 1 unspecified atom stereocenters. The molecule has 0 radical (unpaired) electrons. The minimum Gasteiger partial charge on any atom is -0.314 e. The third kappa shape index (κ3) is 2.64. The van der Waals surface area contributed by atoms with E-state index in [4.69, 9.17) is 0 Å². The second kappa shape index (κ2) is 4.85. The molecule has 0 aliphatic carbocycles. The molecule has 2 nitrogen and oxygen atoms in total. The van der Waals surface area contributed by atoms with Gasteiger partial charge in [0.1, 0.15) is 5.82 Å². The first-order valence-electron chi connectivity index (χ1n) is 5.67. The third-order valence-corrected chi connectivity index (χ3v) is 3.20. The van der Waals surface area contributed by atoms with Crippen LogP contribution < -0.4 is 5.32 Å². The zero-order valence-corrected chi connectivity index (χ0v) is 9.89. The molecular weight excluding hydrogens is 248 g/mol. The monoisotopic (exact) mass is 262 g/mol. The highest BCUT2D eigenvalue weighted by Crippen LogP contribution is 2.32. The summed E-state index contributed by atoms with van der Waals surface area (Å²) in [6.07, 6.45) is -4.50. The molecule has 1 atom stereocenters. The summed E-state index contributed by atoms with van der Waals surface area (Å²) in [7, 11) is 1.84. The third-order valence-electron chi connectivity index (χ3n) is 3.20. The van der Waals surface area contributed by atoms with Crippen molar-refractivity contribution in [2.75, 3.05) is 26.7 Å². The van der Waals surface area contributed by atoms with Crippen LogP contribution in [0.5, 0.6) is 0 Å². The first kappa shape index (κ1) is 13.3. The molecular formula is C12H14F4N2. The van der Waals surface area contributed by atoms with Crippen LogP contribution in [0, 0.1) is 5.82 Å². The lowest BCUT2D eigenvalue weighted by Gasteiger charge is -2.33. The van der Waals surface area contributed by atoms with Gasteiger partial charge < -0.3 is 5.32 Å². The summed E-state index contributed by atoms with van der Waals surface area (Å²) in [6, 6.07) is 2.51. The Morgan fingerprint density at radius 1 is 1.33 bits per heavy atom. The van der Waals surface area contributed by atoms with Gasteiger partial charge in [0.2, 0.25) is 0 Å². The summed E-state index contributed by atoms with van der Waals surface area (Å²) in [6.45, 7) is 2.08. The van der Waals surface area contributed by atoms with Gasteiger partial charge in [0.05, 0.1) is 5.56 Å². The largest absolute Gasteiger partial charge is 0.416 e. The van der Waals surface area contributed by atoms with E-state index in [0.29, 0.717) is 18.2 Å². The van der Waals surface area contributed by atoms with Crippen LogP contribution in [-0.4, -0.2) is 31.6 Å². The fourth-order valence-electron chi connectivity index (χ4n) is 2.13. The molecule has 100 valence electrons. The summed E-state index contributed by atoms with van der Waals surface area (Å²) in [4.78, 5) is 1.93. The van der Waals surface area contributed by atoms with E-state index >= 15 is 0 Å². The molecule has 0 bridgehead atoms. The number of nitrogens with one attached hydrogen (secondary N) is 1. The Labute approximate surface area is 103 Å². The highest BCUT2D eigenvalue weighted by molar-refractivity contribution is 5.29. The predicted octanol–water partition coefficient (Wildman–Crippen LogP) is 2.42. The number of hydrogen-bond donors (Lipinski definition) is 1. The Kier molecular flexibility index (Phi) is 3.59. The molecule has 1 saturated heterocycles. The van der Waals surface area contributed by atoms with Crippen molar-refractivity contribution in [3.63, 3.8) is 0 Å². The van der Waals surface area contributed by atoms with E-state index in [2.05, 4.69) is 5.32 Å². The highest BCUT2D eigenvalue weighted by atomic mass is 19.4. The van der Waals surface area contributed by atoms with Crippen LogP contribution >= 0.6 is 0 Å². The number of hydrogen-bond acceptors (Lipinski definition) is 2. The van der Waals surface area contributed by atoms with Gasteiger partial charge in [-0.1, -0.05) is 6.07 Å². The van der Waals surface area contributed by atoms with Crippen LogP contribution in [0.1, 0.15) is 17.2 Å². The first-order chi connectivity index (χ1) is 8.39. The van der Waals surface area contributed by atoms with Gasteiger partial charge in [0.25, 0.3) is 0 Å². The zero-order valence-electron chi connectivity index (χ0n) is 9.89. The quantitative estimate of drug-likeness (QED) is 0.782. The zero-order chi connectivity index (χ0) is 13.3. The van der Waals surface area contributed by atoms with Crippen LogP contribution in [0.3, 0.4) is 0 Å². The molecule has 0 spiro atoms. The number of likely N-dealkylation sites (N-methyl/N-ethyl adjacent to an activating group) is 1. The van der Waals surface area contributed by atoms with E-state index in [-0.39, 0.29) is 6.04 Å². The van der Waals surface area contributed by atoms with Gasteiger partial charge in [0, 0.05) is 31.2 Å². The van der Waals surface area contributed by atoms with Gasteiger partial charge in [-0.05, 0) is 19.2 Å². The van der Waals surface area contributed by atoms with Crippen molar-refractivity contribution in [3.8, 4) is 0 Å². The topological polar surface area (TPSA) is 15.3 Å². The molecule has 1 fully saturated rings. The fourth-order valence-corrected chi connectivity index (χ4v) is 2.13. The van der Waals surface area contributed by atoms with Crippen LogP contribution in [0.4, 0.5) is 17.6 Å². The Bertz CT molecular complexity index is 431. The van der Waals surface area contributed by atoms with Crippen molar-refractivity contribution >= 4 is 0 Å². The Hall–Kier alpha value is -1.14. The van der Waals surface area contributed by atoms with Crippen LogP contribution in [-0.2, 0) is 6.18 Å². The highest BCUT2D eigenvalue weighted by Gasteiger charge is 2.32. The van der Waals surface area contributed by atoms with Crippen molar-refractivity contribution < 1.29 is 17.6 Å². The summed E-state index contributed by atoms with van der Waals surface area (Å²) in [5.41, 5.74) is -0.645. The second-order valence-electron chi connectivity index (χ2n) is 4.43. The van der Waals surface area contributed by atoms with Crippen molar-refractivity contribution in [2.24, 2.45) is 0 Å². The van der Waals surface area contributed by atoms with Crippen LogP contribution in [0.2, 0.25) is 0 Å². The Morgan fingerprint density at radius 3 is 2.61 bits per heavy atom. The molecule has 1 heterocycles. The van der Waals surface area contributed by atoms with Crippen molar-refractivity contribution in [2.45, 2.75) is 12.2 Å². The maximum atomic E-state index is 13.8. The number of benzene rings is 1. The number of rotatable bonds is 1. The summed E-state index contributed by atoms with van der Waals surface area (Å²) >= 11 is 0. The number of nitrogens with zero attached hydrogens (tertiary/aromatic N) is 1. The van der Waals surface area contributed by atoms with Crippen LogP contribution in [0.15, 0.2) is 18.2 Å². The molecule has 1 aromatic rings. The van der Waals surface area contributed by atoms with Gasteiger partial charge in [-0.2, -0.15) is 13.2 Å². The maximum Gasteiger partial charge on any atom is 0.416 e. The number of alkyl halides is 3. The van der Waals surface area contributed by atoms with E-state index in [1.807, 2.05) is 11.9 Å². The molecule has 0 amide bonds. The van der Waals surface area contributed by atoms with E-state index in [1.165, 1.54) is 6.07 Å². The minimum absolute atomic E-state index is 0.221. The molecule has 0 aromatic heterocycles. The van der Waals surface area contributed by atoms with E-state index in [1.54, 1.807) is 0 Å². The predicted molar refractivity (Wildman–Crippen MR) is 59.6 cm³/mol. The van der Waals surface area contributed by atoms with Crippen molar-refractivity contribution in [1.82, 2.24) is 10.2 Å². The van der Waals surface area contributed by atoms with Gasteiger partial charge in [0.15, 0.2) is 0 Å². The smallest absolute Gasteiger partial charge is 0.314 e. The molecule has 1 aliphatic heterocycles. The van der Waals surface area contributed by atoms with Crippen molar-refractivity contribution in [1.29, 1.82) is 0 Å². The number of halogens is 4. The lowest BCUT2D eigenvalue weighted by molar-refractivity contribution is -0.137. The average Bonchev–Trinajstić information content (AvgIpc) is 2.29. The van der Waals surface area contributed by atoms with Crippen molar-refractivity contribution in [3.05, 3.63) is 35.1 Å². The molecule has 18 heavy (non-hydrogen) atoms.